The number of alkyl halides is 1. The van der Waals surface area contributed by atoms with Crippen LogP contribution >= 0.6 is 0 Å². The highest BCUT2D eigenvalue weighted by Gasteiger charge is 2.39. The van der Waals surface area contributed by atoms with E-state index >= 15 is 0 Å². The average molecular weight is 157 g/mol. The summed E-state index contributed by atoms with van der Waals surface area (Å²) in [6.07, 6.45) is 4.71. The summed E-state index contributed by atoms with van der Waals surface area (Å²) in [7, 11) is 0. The fourth-order valence-electron chi connectivity index (χ4n) is 2.12. The summed E-state index contributed by atoms with van der Waals surface area (Å²) < 4.78 is 13.3. The Kier molecular flexibility index (Phi) is 1.67. The molecule has 2 fully saturated rings. The molecule has 1 N–H and O–H groups in total. The van der Waals surface area contributed by atoms with Gasteiger partial charge in [-0.1, -0.05) is 6.42 Å². The van der Waals surface area contributed by atoms with Gasteiger partial charge in [-0.2, -0.15) is 0 Å². The van der Waals surface area contributed by atoms with Gasteiger partial charge in [-0.05, 0) is 32.1 Å². The number of rotatable bonds is 1. The monoisotopic (exact) mass is 157 g/mol. The van der Waals surface area contributed by atoms with Gasteiger partial charge in [-0.15, -0.1) is 0 Å². The SMILES string of the molecule is CC1(F)CNC(C2CCC2)C1. The quantitative estimate of drug-likeness (QED) is 0.612. The molecule has 1 nitrogen and oxygen atoms in total. The van der Waals surface area contributed by atoms with Gasteiger partial charge in [0.1, 0.15) is 5.67 Å². The Bertz CT molecular complexity index is 152. The lowest BCUT2D eigenvalue weighted by atomic mass is 9.78. The minimum absolute atomic E-state index is 0.485. The minimum atomic E-state index is -0.930. The lowest BCUT2D eigenvalue weighted by molar-refractivity contribution is 0.189. The Labute approximate surface area is 67.4 Å². The van der Waals surface area contributed by atoms with Crippen LogP contribution in [0.2, 0.25) is 0 Å². The van der Waals surface area contributed by atoms with Gasteiger partial charge in [0, 0.05) is 12.6 Å². The molecule has 0 aromatic carbocycles. The molecule has 2 unspecified atom stereocenters. The highest BCUT2D eigenvalue weighted by Crippen LogP contribution is 2.36. The first-order valence-corrected chi connectivity index (χ1v) is 4.60. The summed E-state index contributed by atoms with van der Waals surface area (Å²) in [5.74, 6) is 0.785. The molecular formula is C9H16FN. The Hall–Kier alpha value is -0.110. The number of halogens is 1. The molecule has 2 rings (SSSR count). The van der Waals surface area contributed by atoms with Crippen molar-refractivity contribution in [1.29, 1.82) is 0 Å². The fraction of sp³-hybridized carbons (Fsp3) is 1.00. The smallest absolute Gasteiger partial charge is 0.122 e. The third-order valence-electron chi connectivity index (χ3n) is 3.10. The van der Waals surface area contributed by atoms with E-state index in [9.17, 15) is 4.39 Å². The van der Waals surface area contributed by atoms with Crippen LogP contribution in [0.3, 0.4) is 0 Å². The summed E-state index contributed by atoms with van der Waals surface area (Å²) in [5.41, 5.74) is -0.930. The Morgan fingerprint density at radius 2 is 2.18 bits per heavy atom. The lowest BCUT2D eigenvalue weighted by Gasteiger charge is -2.31. The highest BCUT2D eigenvalue weighted by atomic mass is 19.1. The van der Waals surface area contributed by atoms with Crippen LogP contribution in [-0.2, 0) is 0 Å². The van der Waals surface area contributed by atoms with Gasteiger partial charge < -0.3 is 5.32 Å². The van der Waals surface area contributed by atoms with Gasteiger partial charge >= 0.3 is 0 Å². The standard InChI is InChI=1S/C9H16FN/c1-9(10)5-8(11-6-9)7-3-2-4-7/h7-8,11H,2-6H2,1H3. The molecule has 64 valence electrons. The average Bonchev–Trinajstić information content (AvgIpc) is 2.05. The van der Waals surface area contributed by atoms with E-state index in [2.05, 4.69) is 5.32 Å². The zero-order valence-electron chi connectivity index (χ0n) is 7.07. The second-order valence-electron chi connectivity index (χ2n) is 4.30. The molecular weight excluding hydrogens is 141 g/mol. The van der Waals surface area contributed by atoms with Crippen LogP contribution in [0.15, 0.2) is 0 Å². The van der Waals surface area contributed by atoms with E-state index in [1.807, 2.05) is 0 Å². The maximum absolute atomic E-state index is 13.3. The predicted molar refractivity (Wildman–Crippen MR) is 43.3 cm³/mol. The van der Waals surface area contributed by atoms with Crippen LogP contribution in [0.1, 0.15) is 32.6 Å². The molecule has 0 amide bonds. The topological polar surface area (TPSA) is 12.0 Å². The van der Waals surface area contributed by atoms with Crippen molar-refractivity contribution in [3.8, 4) is 0 Å². The van der Waals surface area contributed by atoms with Crippen LogP contribution in [0.4, 0.5) is 4.39 Å². The van der Waals surface area contributed by atoms with Gasteiger partial charge in [0.15, 0.2) is 0 Å². The maximum atomic E-state index is 13.3. The normalized spacial score (nSPS) is 45.8. The summed E-state index contributed by atoms with van der Waals surface area (Å²) in [6.45, 7) is 2.27. The number of hydrogen-bond donors (Lipinski definition) is 1. The van der Waals surface area contributed by atoms with E-state index in [4.69, 9.17) is 0 Å². The molecule has 2 atom stereocenters. The molecule has 1 aliphatic carbocycles. The molecule has 1 heterocycles. The molecule has 1 saturated carbocycles. The van der Waals surface area contributed by atoms with Crippen molar-refractivity contribution in [2.75, 3.05) is 6.54 Å². The third-order valence-corrected chi connectivity index (χ3v) is 3.10. The molecule has 2 aliphatic rings. The highest BCUT2D eigenvalue weighted by molar-refractivity contribution is 4.96. The van der Waals surface area contributed by atoms with Crippen molar-refractivity contribution in [2.24, 2.45) is 5.92 Å². The van der Waals surface area contributed by atoms with Gasteiger partial charge in [0.2, 0.25) is 0 Å². The van der Waals surface area contributed by atoms with E-state index in [-0.39, 0.29) is 0 Å². The van der Waals surface area contributed by atoms with E-state index < -0.39 is 5.67 Å². The summed E-state index contributed by atoms with van der Waals surface area (Å²) >= 11 is 0. The molecule has 0 aromatic rings. The zero-order valence-corrected chi connectivity index (χ0v) is 7.07. The van der Waals surface area contributed by atoms with Gasteiger partial charge in [0.05, 0.1) is 0 Å². The van der Waals surface area contributed by atoms with Crippen molar-refractivity contribution in [3.63, 3.8) is 0 Å². The lowest BCUT2D eigenvalue weighted by Crippen LogP contribution is -2.34. The molecule has 2 heteroatoms. The van der Waals surface area contributed by atoms with E-state index in [0.29, 0.717) is 12.6 Å². The Balaban J connectivity index is 1.88. The van der Waals surface area contributed by atoms with Crippen molar-refractivity contribution in [2.45, 2.75) is 44.3 Å². The van der Waals surface area contributed by atoms with Crippen LogP contribution in [-0.4, -0.2) is 18.3 Å². The minimum Gasteiger partial charge on any atom is -0.310 e. The van der Waals surface area contributed by atoms with E-state index in [1.54, 1.807) is 6.92 Å². The number of nitrogens with one attached hydrogen (secondary N) is 1. The second-order valence-corrected chi connectivity index (χ2v) is 4.30. The van der Waals surface area contributed by atoms with E-state index in [1.165, 1.54) is 19.3 Å². The molecule has 11 heavy (non-hydrogen) atoms. The van der Waals surface area contributed by atoms with E-state index in [0.717, 1.165) is 12.3 Å². The van der Waals surface area contributed by atoms with Gasteiger partial charge in [0.25, 0.3) is 0 Å². The van der Waals surface area contributed by atoms with Crippen LogP contribution in [0.25, 0.3) is 0 Å². The molecule has 0 aromatic heterocycles. The Morgan fingerprint density at radius 1 is 1.45 bits per heavy atom. The van der Waals surface area contributed by atoms with Crippen molar-refractivity contribution >= 4 is 0 Å². The largest absolute Gasteiger partial charge is 0.310 e. The van der Waals surface area contributed by atoms with Crippen LogP contribution in [0.5, 0.6) is 0 Å². The fourth-order valence-corrected chi connectivity index (χ4v) is 2.12. The van der Waals surface area contributed by atoms with Crippen molar-refractivity contribution in [3.05, 3.63) is 0 Å². The number of hydrogen-bond acceptors (Lipinski definition) is 1. The molecule has 0 bridgehead atoms. The predicted octanol–water partition coefficient (Wildman–Crippen LogP) is 1.88. The molecule has 1 saturated heterocycles. The summed E-state index contributed by atoms with van der Waals surface area (Å²) in [4.78, 5) is 0. The molecule has 1 aliphatic heterocycles. The van der Waals surface area contributed by atoms with Gasteiger partial charge in [-0.3, -0.25) is 0 Å². The first-order valence-electron chi connectivity index (χ1n) is 4.60. The van der Waals surface area contributed by atoms with Crippen LogP contribution in [0, 0.1) is 5.92 Å². The van der Waals surface area contributed by atoms with Crippen molar-refractivity contribution in [1.82, 2.24) is 5.32 Å². The van der Waals surface area contributed by atoms with Crippen molar-refractivity contribution < 1.29 is 4.39 Å². The maximum Gasteiger partial charge on any atom is 0.122 e. The van der Waals surface area contributed by atoms with Gasteiger partial charge in [-0.25, -0.2) is 4.39 Å². The molecule has 0 spiro atoms. The first kappa shape index (κ1) is 7.53. The Morgan fingerprint density at radius 3 is 2.55 bits per heavy atom. The second kappa shape index (κ2) is 2.44. The summed E-state index contributed by atoms with van der Waals surface area (Å²) in [5, 5.41) is 3.27. The summed E-state index contributed by atoms with van der Waals surface area (Å²) in [6, 6.07) is 0.485. The van der Waals surface area contributed by atoms with Crippen LogP contribution < -0.4 is 5.32 Å². The zero-order chi connectivity index (χ0) is 7.90. The molecule has 0 radical (unpaired) electrons. The first-order chi connectivity index (χ1) is 5.17. The third kappa shape index (κ3) is 1.41.